The highest BCUT2D eigenvalue weighted by Crippen LogP contribution is 2.34. The zero-order valence-electron chi connectivity index (χ0n) is 11.9. The summed E-state index contributed by atoms with van der Waals surface area (Å²) in [6, 6.07) is 5.60. The smallest absolute Gasteiger partial charge is 0.161 e. The molecule has 1 aliphatic carbocycles. The second-order valence-corrected chi connectivity index (χ2v) is 5.31. The van der Waals surface area contributed by atoms with Crippen molar-refractivity contribution in [1.29, 1.82) is 0 Å². The number of aliphatic hydroxyl groups excluding tert-OH is 1. The van der Waals surface area contributed by atoms with Crippen LogP contribution in [0, 0.1) is 5.92 Å². The molecule has 0 amide bonds. The molecule has 0 aromatic heterocycles. The van der Waals surface area contributed by atoms with E-state index in [1.807, 2.05) is 18.2 Å². The van der Waals surface area contributed by atoms with E-state index in [2.05, 4.69) is 6.92 Å². The number of rotatable bonds is 5. The molecule has 1 fully saturated rings. The van der Waals surface area contributed by atoms with Crippen LogP contribution in [-0.4, -0.2) is 18.3 Å². The van der Waals surface area contributed by atoms with E-state index in [0.717, 1.165) is 35.8 Å². The maximum absolute atomic E-state index is 9.20. The SMILES string of the molecule is CCC1CCC(Oc2cc(CO)ccc2OC)CC1. The monoisotopic (exact) mass is 264 g/mol. The summed E-state index contributed by atoms with van der Waals surface area (Å²) >= 11 is 0. The minimum atomic E-state index is 0.0307. The summed E-state index contributed by atoms with van der Waals surface area (Å²) in [6.45, 7) is 2.29. The van der Waals surface area contributed by atoms with E-state index in [4.69, 9.17) is 9.47 Å². The van der Waals surface area contributed by atoms with Crippen molar-refractivity contribution < 1.29 is 14.6 Å². The fraction of sp³-hybridized carbons (Fsp3) is 0.625. The van der Waals surface area contributed by atoms with Gasteiger partial charge in [0.05, 0.1) is 19.8 Å². The van der Waals surface area contributed by atoms with Gasteiger partial charge in [-0.2, -0.15) is 0 Å². The third-order valence-corrected chi connectivity index (χ3v) is 4.08. The predicted molar refractivity (Wildman–Crippen MR) is 75.6 cm³/mol. The Kier molecular flexibility index (Phi) is 5.08. The molecule has 0 atom stereocenters. The van der Waals surface area contributed by atoms with E-state index >= 15 is 0 Å². The third kappa shape index (κ3) is 3.63. The van der Waals surface area contributed by atoms with E-state index in [0.29, 0.717) is 0 Å². The first-order valence-corrected chi connectivity index (χ1v) is 7.21. The minimum absolute atomic E-state index is 0.0307. The molecule has 1 saturated carbocycles. The van der Waals surface area contributed by atoms with Gasteiger partial charge in [0.1, 0.15) is 0 Å². The molecule has 3 nitrogen and oxygen atoms in total. The molecule has 1 aromatic rings. The molecule has 0 spiro atoms. The summed E-state index contributed by atoms with van der Waals surface area (Å²) in [6.07, 6.45) is 6.30. The molecular weight excluding hydrogens is 240 g/mol. The van der Waals surface area contributed by atoms with E-state index in [-0.39, 0.29) is 12.7 Å². The molecule has 0 radical (unpaired) electrons. The highest BCUT2D eigenvalue weighted by atomic mass is 16.5. The van der Waals surface area contributed by atoms with Gasteiger partial charge in [-0.1, -0.05) is 19.4 Å². The summed E-state index contributed by atoms with van der Waals surface area (Å²) in [5.41, 5.74) is 0.859. The third-order valence-electron chi connectivity index (χ3n) is 4.08. The number of aliphatic hydroxyl groups is 1. The molecule has 0 bridgehead atoms. The summed E-state index contributed by atoms with van der Waals surface area (Å²) in [5, 5.41) is 9.20. The van der Waals surface area contributed by atoms with Crippen LogP contribution in [-0.2, 0) is 6.61 Å². The van der Waals surface area contributed by atoms with Gasteiger partial charge in [0, 0.05) is 0 Å². The minimum Gasteiger partial charge on any atom is -0.493 e. The average molecular weight is 264 g/mol. The van der Waals surface area contributed by atoms with E-state index in [9.17, 15) is 5.11 Å². The molecule has 1 aromatic carbocycles. The Morgan fingerprint density at radius 2 is 1.89 bits per heavy atom. The fourth-order valence-corrected chi connectivity index (χ4v) is 2.75. The van der Waals surface area contributed by atoms with Gasteiger partial charge in [-0.25, -0.2) is 0 Å². The molecule has 0 unspecified atom stereocenters. The van der Waals surface area contributed by atoms with Crippen molar-refractivity contribution in [1.82, 2.24) is 0 Å². The number of methoxy groups -OCH3 is 1. The zero-order chi connectivity index (χ0) is 13.7. The van der Waals surface area contributed by atoms with Crippen molar-refractivity contribution in [2.45, 2.75) is 51.7 Å². The molecule has 0 heterocycles. The van der Waals surface area contributed by atoms with Crippen molar-refractivity contribution in [3.05, 3.63) is 23.8 Å². The highest BCUT2D eigenvalue weighted by Gasteiger charge is 2.22. The lowest BCUT2D eigenvalue weighted by Crippen LogP contribution is -2.24. The Morgan fingerprint density at radius 1 is 1.16 bits per heavy atom. The summed E-state index contributed by atoms with van der Waals surface area (Å²) in [4.78, 5) is 0. The van der Waals surface area contributed by atoms with E-state index in [1.54, 1.807) is 7.11 Å². The maximum Gasteiger partial charge on any atom is 0.161 e. The number of benzene rings is 1. The Labute approximate surface area is 115 Å². The summed E-state index contributed by atoms with van der Waals surface area (Å²) in [5.74, 6) is 2.37. The van der Waals surface area contributed by atoms with E-state index in [1.165, 1.54) is 19.3 Å². The fourth-order valence-electron chi connectivity index (χ4n) is 2.75. The summed E-state index contributed by atoms with van der Waals surface area (Å²) in [7, 11) is 1.65. The molecule has 106 valence electrons. The van der Waals surface area contributed by atoms with Gasteiger partial charge >= 0.3 is 0 Å². The molecule has 3 heteroatoms. The van der Waals surface area contributed by atoms with Gasteiger partial charge in [0.2, 0.25) is 0 Å². The van der Waals surface area contributed by atoms with Crippen LogP contribution in [0.4, 0.5) is 0 Å². The van der Waals surface area contributed by atoms with Crippen LogP contribution < -0.4 is 9.47 Å². The standard InChI is InChI=1S/C16H24O3/c1-3-12-4-7-14(8-5-12)19-16-10-13(11-17)6-9-15(16)18-2/h6,9-10,12,14,17H,3-5,7-8,11H2,1-2H3. The van der Waals surface area contributed by atoms with Crippen molar-refractivity contribution in [3.8, 4) is 11.5 Å². The normalized spacial score (nSPS) is 23.1. The molecule has 1 aliphatic rings. The van der Waals surface area contributed by atoms with Crippen molar-refractivity contribution in [2.24, 2.45) is 5.92 Å². The second-order valence-electron chi connectivity index (χ2n) is 5.31. The van der Waals surface area contributed by atoms with Crippen LogP contribution in [0.25, 0.3) is 0 Å². The van der Waals surface area contributed by atoms with Crippen molar-refractivity contribution in [2.75, 3.05) is 7.11 Å². The molecule has 19 heavy (non-hydrogen) atoms. The number of hydrogen-bond acceptors (Lipinski definition) is 3. The quantitative estimate of drug-likeness (QED) is 0.884. The van der Waals surface area contributed by atoms with Gasteiger partial charge in [-0.3, -0.25) is 0 Å². The molecule has 0 aliphatic heterocycles. The van der Waals surface area contributed by atoms with Gasteiger partial charge in [-0.05, 0) is 49.3 Å². The van der Waals surface area contributed by atoms with Crippen LogP contribution >= 0.6 is 0 Å². The largest absolute Gasteiger partial charge is 0.493 e. The second kappa shape index (κ2) is 6.80. The maximum atomic E-state index is 9.20. The van der Waals surface area contributed by atoms with Crippen LogP contribution in [0.1, 0.15) is 44.6 Å². The molecule has 0 saturated heterocycles. The van der Waals surface area contributed by atoms with Crippen molar-refractivity contribution >= 4 is 0 Å². The van der Waals surface area contributed by atoms with Crippen LogP contribution in [0.2, 0.25) is 0 Å². The Hall–Kier alpha value is -1.22. The Morgan fingerprint density at radius 3 is 2.47 bits per heavy atom. The molecule has 1 N–H and O–H groups in total. The first-order valence-electron chi connectivity index (χ1n) is 7.21. The lowest BCUT2D eigenvalue weighted by atomic mass is 9.86. The van der Waals surface area contributed by atoms with Crippen molar-refractivity contribution in [3.63, 3.8) is 0 Å². The highest BCUT2D eigenvalue weighted by molar-refractivity contribution is 5.42. The Bertz CT molecular complexity index is 395. The zero-order valence-corrected chi connectivity index (χ0v) is 11.9. The predicted octanol–water partition coefficient (Wildman–Crippen LogP) is 3.54. The molecular formula is C16H24O3. The van der Waals surface area contributed by atoms with E-state index < -0.39 is 0 Å². The number of ether oxygens (including phenoxy) is 2. The van der Waals surface area contributed by atoms with Gasteiger partial charge in [0.15, 0.2) is 11.5 Å². The first-order chi connectivity index (χ1) is 9.26. The molecule has 2 rings (SSSR count). The van der Waals surface area contributed by atoms with Crippen LogP contribution in [0.3, 0.4) is 0 Å². The topological polar surface area (TPSA) is 38.7 Å². The lowest BCUT2D eigenvalue weighted by molar-refractivity contribution is 0.125. The number of hydrogen-bond donors (Lipinski definition) is 1. The van der Waals surface area contributed by atoms with Gasteiger partial charge < -0.3 is 14.6 Å². The van der Waals surface area contributed by atoms with Gasteiger partial charge in [0.25, 0.3) is 0 Å². The average Bonchev–Trinajstić information content (AvgIpc) is 2.48. The van der Waals surface area contributed by atoms with Crippen LogP contribution in [0.15, 0.2) is 18.2 Å². The van der Waals surface area contributed by atoms with Gasteiger partial charge in [-0.15, -0.1) is 0 Å². The summed E-state index contributed by atoms with van der Waals surface area (Å²) < 4.78 is 11.4. The van der Waals surface area contributed by atoms with Crippen LogP contribution in [0.5, 0.6) is 11.5 Å². The Balaban J connectivity index is 2.02. The lowest BCUT2D eigenvalue weighted by Gasteiger charge is -2.28. The first kappa shape index (κ1) is 14.2.